The van der Waals surface area contributed by atoms with Crippen LogP contribution in [0.15, 0.2) is 83.3 Å². The number of pyridine rings is 1. The van der Waals surface area contributed by atoms with E-state index in [0.29, 0.717) is 16.4 Å². The van der Waals surface area contributed by atoms with Gasteiger partial charge in [0.1, 0.15) is 28.6 Å². The maximum Gasteiger partial charge on any atom is 0.269 e. The number of nitrogens with zero attached hydrogens (tertiary/aromatic N) is 3. The Kier molecular flexibility index (Phi) is 6.72. The smallest absolute Gasteiger partial charge is 0.269 e. The Bertz CT molecular complexity index is 1490. The van der Waals surface area contributed by atoms with Crippen LogP contribution in [-0.2, 0) is 11.3 Å². The lowest BCUT2D eigenvalue weighted by molar-refractivity contribution is -0.117. The second-order valence-electron chi connectivity index (χ2n) is 7.41. The molecular weight excluding hydrogens is 452 g/mol. The number of nitriles is 1. The van der Waals surface area contributed by atoms with Gasteiger partial charge in [0.25, 0.3) is 11.5 Å². The van der Waals surface area contributed by atoms with Gasteiger partial charge in [-0.1, -0.05) is 48.0 Å². The monoisotopic (exact) mass is 470 g/mol. The van der Waals surface area contributed by atoms with Crippen LogP contribution in [0.3, 0.4) is 0 Å². The molecule has 0 saturated carbocycles. The first-order valence-electron chi connectivity index (χ1n) is 10.4. The van der Waals surface area contributed by atoms with Crippen molar-refractivity contribution in [3.05, 3.63) is 111 Å². The number of carbonyl (C=O) groups excluding carboxylic acids is 1. The number of aromatic nitrogens is 2. The Hall–Kier alpha value is -4.41. The number of carbonyl (C=O) groups is 1. The summed E-state index contributed by atoms with van der Waals surface area (Å²) >= 11 is 5.95. The summed E-state index contributed by atoms with van der Waals surface area (Å²) in [7, 11) is 0. The molecular formula is C26H19ClN4O3. The van der Waals surface area contributed by atoms with E-state index in [4.69, 9.17) is 16.3 Å². The standard InChI is InChI=1S/C26H19ClN4O3/c1-17-6-5-13-31-23(17)30-25(34-21-11-9-20(27)10-12-21)22(26(31)33)14-19(15-28)24(32)29-16-18-7-3-2-4-8-18/h2-14H,16H2,1H3,(H,29,32). The van der Waals surface area contributed by atoms with Crippen LogP contribution in [0, 0.1) is 18.3 Å². The second kappa shape index (κ2) is 10.0. The number of aryl methyl sites for hydroxylation is 1. The summed E-state index contributed by atoms with van der Waals surface area (Å²) in [5.74, 6) is -0.237. The topological polar surface area (TPSA) is 96.5 Å². The molecule has 0 saturated heterocycles. The van der Waals surface area contributed by atoms with Crippen LogP contribution in [-0.4, -0.2) is 15.3 Å². The Morgan fingerprint density at radius 3 is 2.59 bits per heavy atom. The number of halogens is 1. The summed E-state index contributed by atoms with van der Waals surface area (Å²) < 4.78 is 7.25. The van der Waals surface area contributed by atoms with Gasteiger partial charge in [-0.3, -0.25) is 14.0 Å². The van der Waals surface area contributed by atoms with Crippen LogP contribution in [0.4, 0.5) is 0 Å². The van der Waals surface area contributed by atoms with Gasteiger partial charge in [0.15, 0.2) is 0 Å². The summed E-state index contributed by atoms with van der Waals surface area (Å²) in [6.45, 7) is 2.06. The Morgan fingerprint density at radius 1 is 1.15 bits per heavy atom. The number of hydrogen-bond acceptors (Lipinski definition) is 5. The molecule has 0 fully saturated rings. The molecule has 4 aromatic rings. The molecule has 0 atom stereocenters. The van der Waals surface area contributed by atoms with Gasteiger partial charge in [-0.15, -0.1) is 0 Å². The minimum absolute atomic E-state index is 0.0229. The van der Waals surface area contributed by atoms with Crippen molar-refractivity contribution in [1.82, 2.24) is 14.7 Å². The molecule has 0 unspecified atom stereocenters. The molecule has 0 aliphatic heterocycles. The molecule has 2 aromatic heterocycles. The van der Waals surface area contributed by atoms with Crippen LogP contribution < -0.4 is 15.6 Å². The molecule has 0 spiro atoms. The highest BCUT2D eigenvalue weighted by atomic mass is 35.5. The number of hydrogen-bond donors (Lipinski definition) is 1. The van der Waals surface area contributed by atoms with Gasteiger partial charge >= 0.3 is 0 Å². The molecule has 4 rings (SSSR count). The van der Waals surface area contributed by atoms with Crippen molar-refractivity contribution in [3.63, 3.8) is 0 Å². The van der Waals surface area contributed by atoms with Gasteiger partial charge < -0.3 is 10.1 Å². The number of nitrogens with one attached hydrogen (secondary N) is 1. The van der Waals surface area contributed by atoms with E-state index in [1.54, 1.807) is 36.5 Å². The Morgan fingerprint density at radius 2 is 1.88 bits per heavy atom. The van der Waals surface area contributed by atoms with Crippen molar-refractivity contribution in [3.8, 4) is 17.7 Å². The summed E-state index contributed by atoms with van der Waals surface area (Å²) in [5.41, 5.74) is 1.30. The summed E-state index contributed by atoms with van der Waals surface area (Å²) in [5, 5.41) is 12.9. The van der Waals surface area contributed by atoms with E-state index in [1.807, 2.05) is 49.4 Å². The SMILES string of the molecule is Cc1cccn2c(=O)c(C=C(C#N)C(=O)NCc3ccccc3)c(Oc3ccc(Cl)cc3)nc12. The third-order valence-corrected chi connectivity index (χ3v) is 5.28. The summed E-state index contributed by atoms with van der Waals surface area (Å²) in [6, 6.07) is 21.3. The fourth-order valence-electron chi connectivity index (χ4n) is 3.27. The molecule has 0 aliphatic carbocycles. The highest BCUT2D eigenvalue weighted by molar-refractivity contribution is 6.30. The number of rotatable bonds is 6. The van der Waals surface area contributed by atoms with Crippen LogP contribution in [0.1, 0.15) is 16.7 Å². The average molecular weight is 471 g/mol. The van der Waals surface area contributed by atoms with Crippen molar-refractivity contribution < 1.29 is 9.53 Å². The third kappa shape index (κ3) is 4.98. The maximum absolute atomic E-state index is 13.3. The lowest BCUT2D eigenvalue weighted by Gasteiger charge is -2.11. The van der Waals surface area contributed by atoms with Crippen LogP contribution in [0.5, 0.6) is 11.6 Å². The summed E-state index contributed by atoms with van der Waals surface area (Å²) in [4.78, 5) is 30.6. The lowest BCUT2D eigenvalue weighted by Crippen LogP contribution is -2.25. The molecule has 8 heteroatoms. The van der Waals surface area contributed by atoms with Gasteiger partial charge in [-0.05, 0) is 54.5 Å². The zero-order chi connectivity index (χ0) is 24.1. The Labute approximate surface area is 200 Å². The lowest BCUT2D eigenvalue weighted by atomic mass is 10.1. The number of ether oxygens (including phenoxy) is 1. The maximum atomic E-state index is 13.3. The van der Waals surface area contributed by atoms with Crippen molar-refractivity contribution in [1.29, 1.82) is 5.26 Å². The zero-order valence-electron chi connectivity index (χ0n) is 18.2. The first-order chi connectivity index (χ1) is 16.5. The second-order valence-corrected chi connectivity index (χ2v) is 7.85. The normalized spacial score (nSPS) is 11.1. The third-order valence-electron chi connectivity index (χ3n) is 5.03. The number of amides is 1. The molecule has 1 amide bonds. The number of benzene rings is 2. The molecule has 0 radical (unpaired) electrons. The average Bonchev–Trinajstić information content (AvgIpc) is 2.85. The van der Waals surface area contributed by atoms with Crippen molar-refractivity contribution in [2.75, 3.05) is 0 Å². The first-order valence-corrected chi connectivity index (χ1v) is 10.7. The molecule has 168 valence electrons. The molecule has 2 aromatic carbocycles. The predicted molar refractivity (Wildman–Crippen MR) is 130 cm³/mol. The minimum Gasteiger partial charge on any atom is -0.438 e. The van der Waals surface area contributed by atoms with E-state index >= 15 is 0 Å². The van der Waals surface area contributed by atoms with Crippen molar-refractivity contribution in [2.24, 2.45) is 0 Å². The highest BCUT2D eigenvalue weighted by Crippen LogP contribution is 2.26. The fraction of sp³-hybridized carbons (Fsp3) is 0.0769. The van der Waals surface area contributed by atoms with Gasteiger partial charge in [0, 0.05) is 17.8 Å². The molecule has 34 heavy (non-hydrogen) atoms. The largest absolute Gasteiger partial charge is 0.438 e. The van der Waals surface area contributed by atoms with Crippen molar-refractivity contribution >= 4 is 29.2 Å². The molecule has 7 nitrogen and oxygen atoms in total. The van der Waals surface area contributed by atoms with E-state index < -0.39 is 11.5 Å². The molecule has 0 aliphatic rings. The number of fused-ring (bicyclic) bond motifs is 1. The first kappa shape index (κ1) is 22.8. The quantitative estimate of drug-likeness (QED) is 0.326. The van der Waals surface area contributed by atoms with Crippen molar-refractivity contribution in [2.45, 2.75) is 13.5 Å². The minimum atomic E-state index is -0.613. The van der Waals surface area contributed by atoms with Gasteiger partial charge in [0.2, 0.25) is 5.88 Å². The molecule has 0 bridgehead atoms. The van der Waals surface area contributed by atoms with Crippen LogP contribution >= 0.6 is 11.6 Å². The highest BCUT2D eigenvalue weighted by Gasteiger charge is 2.18. The van der Waals surface area contributed by atoms with Crippen LogP contribution in [0.25, 0.3) is 11.7 Å². The molecule has 2 heterocycles. The Balaban J connectivity index is 1.77. The zero-order valence-corrected chi connectivity index (χ0v) is 18.9. The van der Waals surface area contributed by atoms with E-state index in [1.165, 1.54) is 10.5 Å². The fourth-order valence-corrected chi connectivity index (χ4v) is 3.40. The van der Waals surface area contributed by atoms with Gasteiger partial charge in [-0.2, -0.15) is 10.2 Å². The molecule has 1 N–H and O–H groups in total. The van der Waals surface area contributed by atoms with Crippen LogP contribution in [0.2, 0.25) is 5.02 Å². The summed E-state index contributed by atoms with van der Waals surface area (Å²) in [6.07, 6.45) is 2.78. The van der Waals surface area contributed by atoms with Gasteiger partial charge in [-0.25, -0.2) is 0 Å². The van der Waals surface area contributed by atoms with E-state index in [0.717, 1.165) is 11.1 Å². The van der Waals surface area contributed by atoms with E-state index in [2.05, 4.69) is 10.3 Å². The van der Waals surface area contributed by atoms with E-state index in [9.17, 15) is 14.9 Å². The predicted octanol–water partition coefficient (Wildman–Crippen LogP) is 4.67. The van der Waals surface area contributed by atoms with E-state index in [-0.39, 0.29) is 23.6 Å². The van der Waals surface area contributed by atoms with Gasteiger partial charge in [0.05, 0.1) is 0 Å².